The zero-order valence-corrected chi connectivity index (χ0v) is 20.4. The van der Waals surface area contributed by atoms with Crippen LogP contribution in [-0.4, -0.2) is 45.2 Å². The number of halogens is 1. The van der Waals surface area contributed by atoms with Gasteiger partial charge in [0.1, 0.15) is 0 Å². The molecule has 4 nitrogen and oxygen atoms in total. The number of carbonyl (C=O) groups is 1. The van der Waals surface area contributed by atoms with Gasteiger partial charge < -0.3 is 13.9 Å². The number of ether oxygens (including phenoxy) is 2. The van der Waals surface area contributed by atoms with Crippen molar-refractivity contribution in [3.63, 3.8) is 0 Å². The highest BCUT2D eigenvalue weighted by Gasteiger charge is 2.35. The van der Waals surface area contributed by atoms with Gasteiger partial charge in [-0.05, 0) is 66.5 Å². The average Bonchev–Trinajstić information content (AvgIpc) is 2.58. The van der Waals surface area contributed by atoms with Crippen molar-refractivity contribution in [3.8, 4) is 0 Å². The molecule has 0 N–H and O–H groups in total. The van der Waals surface area contributed by atoms with E-state index in [0.717, 1.165) is 36.2 Å². The van der Waals surface area contributed by atoms with Crippen LogP contribution >= 0.6 is 15.9 Å². The first-order chi connectivity index (χ1) is 12.0. The van der Waals surface area contributed by atoms with Crippen LogP contribution < -0.4 is 0 Å². The predicted molar refractivity (Wildman–Crippen MR) is 115 cm³/mol. The summed E-state index contributed by atoms with van der Waals surface area (Å²) in [5.74, 6) is -0.288. The summed E-state index contributed by atoms with van der Waals surface area (Å²) in [6, 6.07) is 0. The normalized spacial score (nSPS) is 15.1. The molecule has 0 aliphatic rings. The summed E-state index contributed by atoms with van der Waals surface area (Å²) < 4.78 is 16.8. The van der Waals surface area contributed by atoms with E-state index in [1.165, 1.54) is 12.7 Å². The van der Waals surface area contributed by atoms with Gasteiger partial charge in [-0.15, -0.1) is 0 Å². The highest BCUT2D eigenvalue weighted by molar-refractivity contribution is 9.09. The van der Waals surface area contributed by atoms with Gasteiger partial charge in [0.25, 0.3) is 0 Å². The van der Waals surface area contributed by atoms with Gasteiger partial charge in [-0.1, -0.05) is 33.2 Å². The van der Waals surface area contributed by atoms with Gasteiger partial charge in [-0.3, -0.25) is 0 Å². The van der Waals surface area contributed by atoms with E-state index in [0.29, 0.717) is 0 Å². The lowest BCUT2D eigenvalue weighted by molar-refractivity contribution is -0.134. The first-order valence-corrected chi connectivity index (χ1v) is 13.4. The van der Waals surface area contributed by atoms with E-state index in [1.807, 2.05) is 6.92 Å². The minimum Gasteiger partial charge on any atom is -0.466 e. The van der Waals surface area contributed by atoms with Crippen LogP contribution in [0.1, 0.15) is 53.4 Å². The van der Waals surface area contributed by atoms with Crippen molar-refractivity contribution in [1.29, 1.82) is 0 Å². The van der Waals surface area contributed by atoms with Crippen molar-refractivity contribution in [2.24, 2.45) is 0 Å². The van der Waals surface area contributed by atoms with Crippen LogP contribution in [0.2, 0.25) is 13.1 Å². The topological polar surface area (TPSA) is 44.8 Å². The molecule has 0 aliphatic carbocycles. The number of rotatable bonds is 12. The summed E-state index contributed by atoms with van der Waals surface area (Å²) >= 11 is 3.58. The number of hydrogen-bond donors (Lipinski definition) is 0. The van der Waals surface area contributed by atoms with E-state index in [4.69, 9.17) is 9.16 Å². The first kappa shape index (κ1) is 25.6. The Bertz CT molecular complexity index is 498. The van der Waals surface area contributed by atoms with Crippen LogP contribution in [0, 0.1) is 0 Å². The van der Waals surface area contributed by atoms with Crippen LogP contribution in [0.25, 0.3) is 0 Å². The van der Waals surface area contributed by atoms with E-state index >= 15 is 0 Å². The van der Waals surface area contributed by atoms with Gasteiger partial charge in [0.2, 0.25) is 0 Å². The largest absolute Gasteiger partial charge is 0.466 e. The molecule has 0 fully saturated rings. The molecule has 0 heterocycles. The Labute approximate surface area is 169 Å². The van der Waals surface area contributed by atoms with Gasteiger partial charge in [0.05, 0.1) is 18.8 Å². The second kappa shape index (κ2) is 12.1. The molecule has 1 unspecified atom stereocenters. The summed E-state index contributed by atoms with van der Waals surface area (Å²) in [7, 11) is 1.41. The van der Waals surface area contributed by atoms with Crippen molar-refractivity contribution in [2.45, 2.75) is 78.2 Å². The minimum absolute atomic E-state index is 0.0658. The number of methoxy groups -OCH3 is 2. The molecule has 0 aromatic carbocycles. The lowest BCUT2D eigenvalue weighted by Crippen LogP contribution is -2.48. The molecule has 0 amide bonds. The third-order valence-electron chi connectivity index (χ3n) is 4.48. The van der Waals surface area contributed by atoms with Gasteiger partial charge in [0.15, 0.2) is 8.32 Å². The maximum Gasteiger partial charge on any atom is 0.330 e. The molecular formula is C20H37BrO4Si. The molecule has 0 spiro atoms. The second-order valence-corrected chi connectivity index (χ2v) is 13.7. The van der Waals surface area contributed by atoms with E-state index in [-0.39, 0.29) is 17.7 Å². The van der Waals surface area contributed by atoms with Crippen LogP contribution in [0.3, 0.4) is 0 Å². The molecule has 1 atom stereocenters. The zero-order chi connectivity index (χ0) is 20.4. The quantitative estimate of drug-likeness (QED) is 0.129. The molecule has 0 rings (SSSR count). The van der Waals surface area contributed by atoms with Gasteiger partial charge in [-0.2, -0.15) is 0 Å². The van der Waals surface area contributed by atoms with Gasteiger partial charge in [-0.25, -0.2) is 4.79 Å². The first-order valence-electron chi connectivity index (χ1n) is 9.17. The average molecular weight is 450 g/mol. The highest BCUT2D eigenvalue weighted by atomic mass is 79.9. The third-order valence-corrected chi connectivity index (χ3v) is 10.1. The summed E-state index contributed by atoms with van der Waals surface area (Å²) in [6.07, 6.45) is 7.56. The Hall–Kier alpha value is -0.433. The summed E-state index contributed by atoms with van der Waals surface area (Å²) in [6.45, 7) is 12.7. The van der Waals surface area contributed by atoms with Crippen molar-refractivity contribution >= 4 is 30.2 Å². The van der Waals surface area contributed by atoms with E-state index in [2.05, 4.69) is 60.6 Å². The van der Waals surface area contributed by atoms with E-state index in [1.54, 1.807) is 13.2 Å². The second-order valence-electron chi connectivity index (χ2n) is 7.95. The number of alkyl halides is 1. The summed E-state index contributed by atoms with van der Waals surface area (Å²) in [4.78, 5) is 12.1. The fraction of sp³-hybridized carbons (Fsp3) is 0.750. The van der Waals surface area contributed by atoms with Crippen LogP contribution in [0.5, 0.6) is 0 Å². The summed E-state index contributed by atoms with van der Waals surface area (Å²) in [5.41, 5.74) is 2.06. The molecule has 6 heteroatoms. The molecule has 0 aliphatic heterocycles. The van der Waals surface area contributed by atoms with Crippen molar-refractivity contribution in [1.82, 2.24) is 0 Å². The minimum atomic E-state index is -1.73. The molecule has 0 bridgehead atoms. The van der Waals surface area contributed by atoms with Gasteiger partial charge >= 0.3 is 5.97 Å². The Balaban J connectivity index is 4.71. The van der Waals surface area contributed by atoms with E-state index < -0.39 is 8.32 Å². The summed E-state index contributed by atoms with van der Waals surface area (Å²) in [5, 5.41) is 0. The zero-order valence-electron chi connectivity index (χ0n) is 17.8. The number of carbonyl (C=O) groups excluding carboxylic acids is 1. The molecule has 0 radical (unpaired) electrons. The lowest BCUT2D eigenvalue weighted by Gasteiger charge is -2.38. The highest BCUT2D eigenvalue weighted by Crippen LogP contribution is 2.27. The molecular weight excluding hydrogens is 412 g/mol. The fourth-order valence-corrected chi connectivity index (χ4v) is 4.07. The number of allylic oxidation sites excluding steroid dienone is 3. The van der Waals surface area contributed by atoms with Crippen LogP contribution in [-0.2, 0) is 18.7 Å². The van der Waals surface area contributed by atoms with Crippen molar-refractivity contribution in [2.75, 3.05) is 19.2 Å². The van der Waals surface area contributed by atoms with Crippen LogP contribution in [0.15, 0.2) is 23.3 Å². The predicted octanol–water partition coefficient (Wildman–Crippen LogP) is 5.56. The Morgan fingerprint density at radius 2 is 1.77 bits per heavy atom. The maximum absolute atomic E-state index is 11.2. The van der Waals surface area contributed by atoms with E-state index in [9.17, 15) is 4.79 Å². The third kappa shape index (κ3) is 10.7. The molecule has 152 valence electrons. The Morgan fingerprint density at radius 1 is 1.15 bits per heavy atom. The molecule has 26 heavy (non-hydrogen) atoms. The molecule has 0 saturated heterocycles. The smallest absolute Gasteiger partial charge is 0.330 e. The monoisotopic (exact) mass is 448 g/mol. The number of hydrogen-bond acceptors (Lipinski definition) is 4. The Kier molecular flexibility index (Phi) is 11.9. The Morgan fingerprint density at radius 3 is 2.27 bits per heavy atom. The fourth-order valence-electron chi connectivity index (χ4n) is 2.44. The number of esters is 1. The molecule has 0 aromatic heterocycles. The maximum atomic E-state index is 11.2. The SMILES string of the molecule is COC(=O)C=C(C)CCC=C(C)CCC(O[Si](C)(C)CBr)C(C)(C)OC. The van der Waals surface area contributed by atoms with Gasteiger partial charge in [0, 0.05) is 18.1 Å². The molecule has 0 saturated carbocycles. The standard InChI is InChI=1S/C20H37BrO4Si/c1-16(10-9-11-17(2)14-19(22)23-5)12-13-18(20(3,4)24-6)25-26(7,8)15-21/h10,14,18H,9,11-13,15H2,1-8H3. The van der Waals surface area contributed by atoms with Crippen molar-refractivity contribution < 1.29 is 18.7 Å². The lowest BCUT2D eigenvalue weighted by atomic mass is 9.95. The molecule has 0 aromatic rings. The van der Waals surface area contributed by atoms with Crippen molar-refractivity contribution in [3.05, 3.63) is 23.3 Å². The van der Waals surface area contributed by atoms with Crippen LogP contribution in [0.4, 0.5) is 0 Å².